The molecule has 0 aliphatic rings. The van der Waals surface area contributed by atoms with Crippen LogP contribution >= 0.6 is 11.6 Å². The molecule has 1 amide bonds. The lowest BCUT2D eigenvalue weighted by molar-refractivity contribution is -0.116. The van der Waals surface area contributed by atoms with Crippen LogP contribution in [0.5, 0.6) is 0 Å². The van der Waals surface area contributed by atoms with E-state index in [4.69, 9.17) is 11.6 Å². The summed E-state index contributed by atoms with van der Waals surface area (Å²) in [4.78, 5) is 12.1. The molecule has 140 valence electrons. The van der Waals surface area contributed by atoms with Gasteiger partial charge in [0, 0.05) is 23.7 Å². The van der Waals surface area contributed by atoms with E-state index in [1.165, 1.54) is 24.3 Å². The van der Waals surface area contributed by atoms with Gasteiger partial charge in [0.05, 0.1) is 11.9 Å². The third kappa shape index (κ3) is 5.71. The molecular weight excluding hydrogens is 379 g/mol. The first-order valence-electron chi connectivity index (χ1n) is 7.96. The van der Waals surface area contributed by atoms with Gasteiger partial charge in [0.25, 0.3) is 0 Å². The number of aryl methyl sites for hydroxylation is 1. The van der Waals surface area contributed by atoms with Crippen molar-refractivity contribution < 1.29 is 17.6 Å². The Bertz CT molecular complexity index is 886. The van der Waals surface area contributed by atoms with E-state index in [2.05, 4.69) is 5.32 Å². The number of benzene rings is 2. The zero-order chi connectivity index (χ0) is 19.3. The molecule has 1 N–H and O–H groups in total. The highest BCUT2D eigenvalue weighted by molar-refractivity contribution is 7.92. The van der Waals surface area contributed by atoms with Crippen LogP contribution in [0.15, 0.2) is 42.5 Å². The molecule has 0 spiro atoms. The third-order valence-corrected chi connectivity index (χ3v) is 5.17. The van der Waals surface area contributed by atoms with E-state index in [9.17, 15) is 17.6 Å². The molecule has 0 unspecified atom stereocenters. The van der Waals surface area contributed by atoms with Crippen molar-refractivity contribution in [2.24, 2.45) is 0 Å². The van der Waals surface area contributed by atoms with Gasteiger partial charge < -0.3 is 5.32 Å². The second-order valence-corrected chi connectivity index (χ2v) is 8.27. The predicted octanol–water partition coefficient (Wildman–Crippen LogP) is 3.97. The molecule has 0 radical (unpaired) electrons. The maximum absolute atomic E-state index is 13.0. The molecule has 0 atom stereocenters. The molecule has 0 saturated heterocycles. The highest BCUT2D eigenvalue weighted by Crippen LogP contribution is 2.21. The number of hydrogen-bond donors (Lipinski definition) is 1. The van der Waals surface area contributed by atoms with E-state index in [-0.39, 0.29) is 18.9 Å². The lowest BCUT2D eigenvalue weighted by Gasteiger charge is -2.22. The van der Waals surface area contributed by atoms with Gasteiger partial charge in [-0.3, -0.25) is 9.10 Å². The molecule has 0 bridgehead atoms. The van der Waals surface area contributed by atoms with Gasteiger partial charge >= 0.3 is 0 Å². The van der Waals surface area contributed by atoms with Crippen LogP contribution in [0.2, 0.25) is 5.02 Å². The summed E-state index contributed by atoms with van der Waals surface area (Å²) in [6, 6.07) is 10.3. The first-order valence-corrected chi connectivity index (χ1v) is 10.2. The fourth-order valence-corrected chi connectivity index (χ4v) is 3.65. The van der Waals surface area contributed by atoms with Gasteiger partial charge in [-0.25, -0.2) is 12.8 Å². The molecular formula is C18H20ClFN2O3S. The van der Waals surface area contributed by atoms with Gasteiger partial charge in [-0.1, -0.05) is 11.6 Å². The summed E-state index contributed by atoms with van der Waals surface area (Å²) in [6.45, 7) is 1.96. The van der Waals surface area contributed by atoms with Gasteiger partial charge in [0.2, 0.25) is 15.9 Å². The van der Waals surface area contributed by atoms with E-state index in [1.54, 1.807) is 18.2 Å². The van der Waals surface area contributed by atoms with Crippen molar-refractivity contribution in [2.75, 3.05) is 22.4 Å². The first-order chi connectivity index (χ1) is 12.2. The summed E-state index contributed by atoms with van der Waals surface area (Å²) in [5.74, 6) is -0.664. The highest BCUT2D eigenvalue weighted by Gasteiger charge is 2.17. The molecule has 2 aromatic carbocycles. The third-order valence-electron chi connectivity index (χ3n) is 3.74. The summed E-state index contributed by atoms with van der Waals surface area (Å²) in [6.07, 6.45) is 1.55. The van der Waals surface area contributed by atoms with Gasteiger partial charge in [-0.15, -0.1) is 0 Å². The van der Waals surface area contributed by atoms with Gasteiger partial charge in [-0.05, 0) is 61.4 Å². The van der Waals surface area contributed by atoms with Crippen LogP contribution in [-0.2, 0) is 14.8 Å². The van der Waals surface area contributed by atoms with Gasteiger partial charge in [0.15, 0.2) is 0 Å². The second-order valence-electron chi connectivity index (χ2n) is 5.92. The van der Waals surface area contributed by atoms with Crippen LogP contribution < -0.4 is 9.62 Å². The topological polar surface area (TPSA) is 66.5 Å². The Morgan fingerprint density at radius 1 is 1.19 bits per heavy atom. The number of carbonyl (C=O) groups excluding carboxylic acids is 1. The Morgan fingerprint density at radius 3 is 2.42 bits per heavy atom. The van der Waals surface area contributed by atoms with Crippen molar-refractivity contribution in [1.82, 2.24) is 0 Å². The standard InChI is InChI=1S/C18H20ClFN2O3S/c1-13-12-14(19)5-10-17(13)21-18(23)4-3-11-22(26(2,24)25)16-8-6-15(20)7-9-16/h5-10,12H,3-4,11H2,1-2H3,(H,21,23). The molecule has 0 heterocycles. The molecule has 0 saturated carbocycles. The minimum atomic E-state index is -3.53. The minimum absolute atomic E-state index is 0.123. The molecule has 26 heavy (non-hydrogen) atoms. The highest BCUT2D eigenvalue weighted by atomic mass is 35.5. The summed E-state index contributed by atoms with van der Waals surface area (Å²) >= 11 is 5.88. The molecule has 0 aromatic heterocycles. The molecule has 0 aliphatic carbocycles. The number of nitrogens with one attached hydrogen (secondary N) is 1. The maximum atomic E-state index is 13.0. The van der Waals surface area contributed by atoms with Crippen molar-refractivity contribution >= 4 is 38.9 Å². The molecule has 8 heteroatoms. The lowest BCUT2D eigenvalue weighted by Crippen LogP contribution is -2.31. The monoisotopic (exact) mass is 398 g/mol. The van der Waals surface area contributed by atoms with E-state index in [0.29, 0.717) is 22.8 Å². The van der Waals surface area contributed by atoms with E-state index >= 15 is 0 Å². The van der Waals surface area contributed by atoms with Gasteiger partial charge in [0.1, 0.15) is 5.82 Å². The van der Waals surface area contributed by atoms with Crippen LogP contribution in [0.3, 0.4) is 0 Å². The number of hydrogen-bond acceptors (Lipinski definition) is 3. The zero-order valence-corrected chi connectivity index (χ0v) is 16.1. The fraction of sp³-hybridized carbons (Fsp3) is 0.278. The molecule has 0 aliphatic heterocycles. The lowest BCUT2D eigenvalue weighted by atomic mass is 10.2. The zero-order valence-electron chi connectivity index (χ0n) is 14.5. The van der Waals surface area contributed by atoms with Crippen LogP contribution in [0.1, 0.15) is 18.4 Å². The van der Waals surface area contributed by atoms with Crippen LogP contribution in [0.4, 0.5) is 15.8 Å². The van der Waals surface area contributed by atoms with E-state index < -0.39 is 15.8 Å². The van der Waals surface area contributed by atoms with E-state index in [1.807, 2.05) is 6.92 Å². The van der Waals surface area contributed by atoms with Crippen molar-refractivity contribution in [3.8, 4) is 0 Å². The fourth-order valence-electron chi connectivity index (χ4n) is 2.46. The van der Waals surface area contributed by atoms with Crippen molar-refractivity contribution in [3.63, 3.8) is 0 Å². The Hall–Kier alpha value is -2.12. The molecule has 5 nitrogen and oxygen atoms in total. The largest absolute Gasteiger partial charge is 0.326 e. The maximum Gasteiger partial charge on any atom is 0.232 e. The Labute approximate surface area is 157 Å². The number of amides is 1. The van der Waals surface area contributed by atoms with Crippen LogP contribution in [-0.4, -0.2) is 27.1 Å². The average Bonchev–Trinajstić information content (AvgIpc) is 2.54. The van der Waals surface area contributed by atoms with Crippen molar-refractivity contribution in [1.29, 1.82) is 0 Å². The number of anilines is 2. The molecule has 2 aromatic rings. The number of nitrogens with zero attached hydrogens (tertiary/aromatic N) is 1. The summed E-state index contributed by atoms with van der Waals surface area (Å²) in [5.41, 5.74) is 1.87. The second kappa shape index (κ2) is 8.51. The predicted molar refractivity (Wildman–Crippen MR) is 103 cm³/mol. The minimum Gasteiger partial charge on any atom is -0.326 e. The normalized spacial score (nSPS) is 11.2. The van der Waals surface area contributed by atoms with Crippen LogP contribution in [0, 0.1) is 12.7 Å². The quantitative estimate of drug-likeness (QED) is 0.767. The Morgan fingerprint density at radius 2 is 1.85 bits per heavy atom. The van der Waals surface area contributed by atoms with E-state index in [0.717, 1.165) is 16.1 Å². The number of rotatable bonds is 7. The molecule has 2 rings (SSSR count). The van der Waals surface area contributed by atoms with Crippen molar-refractivity contribution in [3.05, 3.63) is 58.9 Å². The number of halogens is 2. The summed E-state index contributed by atoms with van der Waals surface area (Å²) in [5, 5.41) is 3.37. The number of carbonyl (C=O) groups is 1. The van der Waals surface area contributed by atoms with Crippen molar-refractivity contribution in [2.45, 2.75) is 19.8 Å². The Balaban J connectivity index is 1.96. The summed E-state index contributed by atoms with van der Waals surface area (Å²) < 4.78 is 38.2. The SMILES string of the molecule is Cc1cc(Cl)ccc1NC(=O)CCCN(c1ccc(F)cc1)S(C)(=O)=O. The average molecular weight is 399 g/mol. The molecule has 0 fully saturated rings. The van der Waals surface area contributed by atoms with Gasteiger partial charge in [-0.2, -0.15) is 0 Å². The first kappa shape index (κ1) is 20.2. The summed E-state index contributed by atoms with van der Waals surface area (Å²) in [7, 11) is -3.53. The Kier molecular flexibility index (Phi) is 6.61. The number of sulfonamides is 1. The van der Waals surface area contributed by atoms with Crippen LogP contribution in [0.25, 0.3) is 0 Å². The smallest absolute Gasteiger partial charge is 0.232 e.